The molecule has 0 saturated heterocycles. The van der Waals surface area contributed by atoms with E-state index in [0.717, 1.165) is 24.9 Å². The van der Waals surface area contributed by atoms with Crippen LogP contribution in [0.4, 0.5) is 0 Å². The summed E-state index contributed by atoms with van der Waals surface area (Å²) in [5, 5.41) is 15.0. The number of hydrogen-bond donors (Lipinski definition) is 2. The normalized spacial score (nSPS) is 12.1. The average molecular weight is 315 g/mol. The zero-order valence-electron chi connectivity index (χ0n) is 13.7. The maximum Gasteiger partial charge on any atom is 0.119 e. The molecule has 1 atom stereocenters. The maximum atomic E-state index is 10.4. The summed E-state index contributed by atoms with van der Waals surface area (Å²) in [6.07, 6.45) is 2.04. The van der Waals surface area contributed by atoms with Crippen molar-refractivity contribution in [3.05, 3.63) is 59.7 Å². The Kier molecular flexibility index (Phi) is 5.99. The highest BCUT2D eigenvalue weighted by Crippen LogP contribution is 2.49. The van der Waals surface area contributed by atoms with Crippen LogP contribution in [0.5, 0.6) is 5.75 Å². The summed E-state index contributed by atoms with van der Waals surface area (Å²) in [5.41, 5.74) is 2.43. The van der Waals surface area contributed by atoms with Crippen LogP contribution in [0, 0.1) is 0 Å². The van der Waals surface area contributed by atoms with Gasteiger partial charge in [-0.15, -0.1) is 0 Å². The number of nitrogens with one attached hydrogen (secondary N) is 1. The summed E-state index contributed by atoms with van der Waals surface area (Å²) < 4.78 is 0. The van der Waals surface area contributed by atoms with Gasteiger partial charge in [-0.3, -0.25) is 0 Å². The number of phenolic OH excluding ortho intramolecular Hbond substituents is 1. The highest BCUT2D eigenvalue weighted by Gasteiger charge is 2.31. The van der Waals surface area contributed by atoms with Crippen LogP contribution < -0.4 is 10.6 Å². The molecule has 2 nitrogen and oxygen atoms in total. The first-order valence-corrected chi connectivity index (χ1v) is 8.96. The molecule has 0 bridgehead atoms. The SMILES string of the molecule is CCC(CC)(Pc1ccccc1CNC)c1ccccc1O. The van der Waals surface area contributed by atoms with E-state index in [-0.39, 0.29) is 5.16 Å². The summed E-state index contributed by atoms with van der Waals surface area (Å²) in [5.74, 6) is 0.421. The predicted octanol–water partition coefficient (Wildman–Crippen LogP) is 4.13. The lowest BCUT2D eigenvalue weighted by Gasteiger charge is -2.34. The summed E-state index contributed by atoms with van der Waals surface area (Å²) in [6, 6.07) is 16.4. The molecule has 0 heterocycles. The average Bonchev–Trinajstić information content (AvgIpc) is 2.55. The number of aromatic hydroxyl groups is 1. The molecule has 3 heteroatoms. The lowest BCUT2D eigenvalue weighted by atomic mass is 9.92. The zero-order chi connectivity index (χ0) is 16.0. The van der Waals surface area contributed by atoms with Crippen LogP contribution in [0.1, 0.15) is 37.8 Å². The minimum absolute atomic E-state index is 0.00912. The van der Waals surface area contributed by atoms with Gasteiger partial charge in [0.25, 0.3) is 0 Å². The Labute approximate surface area is 135 Å². The second-order valence-electron chi connectivity index (χ2n) is 5.62. The van der Waals surface area contributed by atoms with Gasteiger partial charge in [-0.05, 0) is 36.8 Å². The highest BCUT2D eigenvalue weighted by molar-refractivity contribution is 7.48. The number of hydrogen-bond acceptors (Lipinski definition) is 2. The number of rotatable bonds is 7. The second-order valence-corrected chi connectivity index (χ2v) is 7.36. The van der Waals surface area contributed by atoms with Crippen LogP contribution in [0.15, 0.2) is 48.5 Å². The van der Waals surface area contributed by atoms with Crippen molar-refractivity contribution in [2.45, 2.75) is 38.4 Å². The Morgan fingerprint density at radius 3 is 2.27 bits per heavy atom. The minimum Gasteiger partial charge on any atom is -0.508 e. The maximum absolute atomic E-state index is 10.4. The zero-order valence-corrected chi connectivity index (χ0v) is 14.7. The van der Waals surface area contributed by atoms with Gasteiger partial charge in [0, 0.05) is 17.3 Å². The fourth-order valence-electron chi connectivity index (χ4n) is 3.00. The van der Waals surface area contributed by atoms with E-state index >= 15 is 0 Å². The number of para-hydroxylation sites is 1. The Hall–Kier alpha value is -1.37. The van der Waals surface area contributed by atoms with Gasteiger partial charge in [0.2, 0.25) is 0 Å². The summed E-state index contributed by atoms with van der Waals surface area (Å²) in [4.78, 5) is 0. The largest absolute Gasteiger partial charge is 0.508 e. The fraction of sp³-hybridized carbons (Fsp3) is 0.368. The van der Waals surface area contributed by atoms with Gasteiger partial charge in [-0.25, -0.2) is 0 Å². The monoisotopic (exact) mass is 315 g/mol. The van der Waals surface area contributed by atoms with E-state index in [9.17, 15) is 5.11 Å². The van der Waals surface area contributed by atoms with Crippen molar-refractivity contribution in [3.8, 4) is 5.75 Å². The first-order valence-electron chi connectivity index (χ1n) is 7.96. The van der Waals surface area contributed by atoms with Crippen molar-refractivity contribution < 1.29 is 5.11 Å². The molecule has 0 radical (unpaired) electrons. The van der Waals surface area contributed by atoms with Crippen molar-refractivity contribution >= 4 is 13.9 Å². The lowest BCUT2D eigenvalue weighted by Crippen LogP contribution is -2.24. The minimum atomic E-state index is 0.00912. The molecule has 118 valence electrons. The molecular weight excluding hydrogens is 289 g/mol. The molecule has 2 rings (SSSR count). The van der Waals surface area contributed by atoms with E-state index in [0.29, 0.717) is 14.3 Å². The smallest absolute Gasteiger partial charge is 0.119 e. The number of benzene rings is 2. The molecule has 1 unspecified atom stereocenters. The molecular formula is C19H26NOP. The second kappa shape index (κ2) is 7.76. The predicted molar refractivity (Wildman–Crippen MR) is 97.5 cm³/mol. The Balaban J connectivity index is 2.44. The van der Waals surface area contributed by atoms with E-state index in [2.05, 4.69) is 49.5 Å². The molecule has 2 aromatic rings. The summed E-state index contributed by atoms with van der Waals surface area (Å²) in [6.45, 7) is 5.33. The van der Waals surface area contributed by atoms with Crippen LogP contribution in [0.2, 0.25) is 0 Å². The Morgan fingerprint density at radius 2 is 1.64 bits per heavy atom. The highest BCUT2D eigenvalue weighted by atomic mass is 31.1. The molecule has 0 amide bonds. The fourth-order valence-corrected chi connectivity index (χ4v) is 4.72. The molecule has 0 aliphatic heterocycles. The van der Waals surface area contributed by atoms with Gasteiger partial charge in [0.1, 0.15) is 5.75 Å². The molecule has 2 aromatic carbocycles. The van der Waals surface area contributed by atoms with Crippen LogP contribution in [-0.2, 0) is 11.7 Å². The molecule has 2 N–H and O–H groups in total. The van der Waals surface area contributed by atoms with Crippen LogP contribution in [0.3, 0.4) is 0 Å². The van der Waals surface area contributed by atoms with Crippen molar-refractivity contribution in [1.29, 1.82) is 0 Å². The molecule has 0 aliphatic rings. The quantitative estimate of drug-likeness (QED) is 0.753. The van der Waals surface area contributed by atoms with E-state index in [1.54, 1.807) is 6.07 Å². The first kappa shape index (κ1) is 17.0. The van der Waals surface area contributed by atoms with Gasteiger partial charge in [-0.2, -0.15) is 0 Å². The topological polar surface area (TPSA) is 32.3 Å². The van der Waals surface area contributed by atoms with Gasteiger partial charge >= 0.3 is 0 Å². The molecule has 0 saturated carbocycles. The first-order chi connectivity index (χ1) is 10.7. The Bertz CT molecular complexity index is 608. The van der Waals surface area contributed by atoms with Crippen molar-refractivity contribution in [2.24, 2.45) is 0 Å². The summed E-state index contributed by atoms with van der Waals surface area (Å²) in [7, 11) is 2.63. The van der Waals surface area contributed by atoms with Gasteiger partial charge in [-0.1, -0.05) is 64.9 Å². The van der Waals surface area contributed by atoms with Crippen molar-refractivity contribution in [2.75, 3.05) is 7.05 Å². The van der Waals surface area contributed by atoms with Crippen LogP contribution in [-0.4, -0.2) is 12.2 Å². The van der Waals surface area contributed by atoms with Gasteiger partial charge in [0.05, 0.1) is 0 Å². The number of phenols is 1. The van der Waals surface area contributed by atoms with E-state index in [1.807, 2.05) is 19.2 Å². The van der Waals surface area contributed by atoms with E-state index in [4.69, 9.17) is 0 Å². The molecule has 0 fully saturated rings. The third-order valence-electron chi connectivity index (χ3n) is 4.39. The third-order valence-corrected chi connectivity index (χ3v) is 6.60. The van der Waals surface area contributed by atoms with Gasteiger partial charge < -0.3 is 10.4 Å². The molecule has 0 aliphatic carbocycles. The summed E-state index contributed by atoms with van der Waals surface area (Å²) >= 11 is 0. The lowest BCUT2D eigenvalue weighted by molar-refractivity contribution is 0.448. The van der Waals surface area contributed by atoms with E-state index < -0.39 is 0 Å². The molecule has 0 spiro atoms. The van der Waals surface area contributed by atoms with Gasteiger partial charge in [0.15, 0.2) is 0 Å². The van der Waals surface area contributed by atoms with E-state index in [1.165, 1.54) is 10.9 Å². The van der Waals surface area contributed by atoms with Crippen LogP contribution >= 0.6 is 8.58 Å². The third kappa shape index (κ3) is 3.51. The Morgan fingerprint density at radius 1 is 1.00 bits per heavy atom. The molecule has 22 heavy (non-hydrogen) atoms. The van der Waals surface area contributed by atoms with Crippen molar-refractivity contribution in [3.63, 3.8) is 0 Å². The molecule has 0 aromatic heterocycles. The standard InChI is InChI=1S/C19H26NOP/c1-4-19(5-2,16-11-7-8-12-17(16)21)22-18-13-9-6-10-15(18)14-20-3/h6-13,20-22H,4-5,14H2,1-3H3. The van der Waals surface area contributed by atoms with Crippen molar-refractivity contribution in [1.82, 2.24) is 5.32 Å². The van der Waals surface area contributed by atoms with Crippen LogP contribution in [0.25, 0.3) is 0 Å².